The van der Waals surface area contributed by atoms with Gasteiger partial charge in [-0.3, -0.25) is 4.79 Å². The van der Waals surface area contributed by atoms with Gasteiger partial charge in [0.2, 0.25) is 5.95 Å². The number of aromatic nitrogens is 4. The lowest BCUT2D eigenvalue weighted by Crippen LogP contribution is -2.49. The summed E-state index contributed by atoms with van der Waals surface area (Å²) in [5.41, 5.74) is 4.05. The minimum Gasteiger partial charge on any atom is -0.368 e. The minimum atomic E-state index is -0.437. The molecule has 0 atom stereocenters. The molecule has 0 N–H and O–H groups in total. The molecule has 1 fully saturated rings. The van der Waals surface area contributed by atoms with Crippen LogP contribution in [0.5, 0.6) is 0 Å². The second-order valence-corrected chi connectivity index (χ2v) is 8.34. The molecule has 0 aliphatic carbocycles. The third-order valence-electron chi connectivity index (χ3n) is 6.21. The molecule has 1 saturated heterocycles. The van der Waals surface area contributed by atoms with Crippen molar-refractivity contribution in [1.29, 1.82) is 0 Å². The van der Waals surface area contributed by atoms with Gasteiger partial charge < -0.3 is 18.9 Å². The Hall–Kier alpha value is -3.00. The molecule has 156 valence electrons. The molecule has 3 aromatic rings. The van der Waals surface area contributed by atoms with Gasteiger partial charge in [-0.2, -0.15) is 0 Å². The first-order chi connectivity index (χ1) is 14.5. The Labute approximate surface area is 175 Å². The number of rotatable bonds is 2. The average Bonchev–Trinajstić information content (AvgIpc) is 3.20. The number of carbonyl (C=O) groups excluding carboxylic acids is 1. The third kappa shape index (κ3) is 3.02. The topological polar surface area (TPSA) is 75.9 Å². The second-order valence-electron chi connectivity index (χ2n) is 8.34. The summed E-state index contributed by atoms with van der Waals surface area (Å²) in [5, 5.41) is 0. The van der Waals surface area contributed by atoms with E-state index >= 15 is 0 Å². The van der Waals surface area contributed by atoms with Gasteiger partial charge in [-0.15, -0.1) is 0 Å². The standard InChI is InChI=1S/C22H26N6O2/c1-15-5-4-6-18-24-17(14-28(15)18)20(29)27-10-8-22(9-11-27)19-16(7-12-30-22)13-23-21(25-19)26(2)3/h4-6,13-14H,7-12H2,1-3H3. The van der Waals surface area contributed by atoms with Gasteiger partial charge in [0.05, 0.1) is 12.3 Å². The highest BCUT2D eigenvalue weighted by molar-refractivity contribution is 5.93. The van der Waals surface area contributed by atoms with E-state index in [0.29, 0.717) is 31.3 Å². The summed E-state index contributed by atoms with van der Waals surface area (Å²) in [6.07, 6.45) is 6.04. The van der Waals surface area contributed by atoms with E-state index in [1.54, 1.807) is 0 Å². The number of likely N-dealkylation sites (tertiary alicyclic amines) is 1. The van der Waals surface area contributed by atoms with E-state index < -0.39 is 5.60 Å². The number of nitrogens with zero attached hydrogens (tertiary/aromatic N) is 6. The molecule has 0 aromatic carbocycles. The Balaban J connectivity index is 1.38. The molecule has 0 unspecified atom stereocenters. The zero-order valence-corrected chi connectivity index (χ0v) is 17.6. The normalized spacial score (nSPS) is 17.9. The van der Waals surface area contributed by atoms with Crippen LogP contribution in [0, 0.1) is 6.92 Å². The van der Waals surface area contributed by atoms with Crippen LogP contribution in [0.2, 0.25) is 0 Å². The molecule has 1 amide bonds. The molecule has 8 heteroatoms. The molecule has 5 rings (SSSR count). The monoisotopic (exact) mass is 406 g/mol. The fourth-order valence-corrected chi connectivity index (χ4v) is 4.48. The maximum absolute atomic E-state index is 13.1. The van der Waals surface area contributed by atoms with Crippen molar-refractivity contribution >= 4 is 17.5 Å². The lowest BCUT2D eigenvalue weighted by atomic mass is 9.83. The van der Waals surface area contributed by atoms with Gasteiger partial charge in [0.25, 0.3) is 5.91 Å². The number of anilines is 1. The maximum atomic E-state index is 13.1. The van der Waals surface area contributed by atoms with Gasteiger partial charge in [-0.1, -0.05) is 6.07 Å². The van der Waals surface area contributed by atoms with E-state index in [9.17, 15) is 4.79 Å². The molecular formula is C22H26N6O2. The first-order valence-corrected chi connectivity index (χ1v) is 10.4. The van der Waals surface area contributed by atoms with E-state index in [1.807, 2.05) is 65.8 Å². The summed E-state index contributed by atoms with van der Waals surface area (Å²) in [7, 11) is 3.88. The van der Waals surface area contributed by atoms with Gasteiger partial charge in [-0.25, -0.2) is 15.0 Å². The maximum Gasteiger partial charge on any atom is 0.274 e. The number of ether oxygens (including phenoxy) is 1. The number of hydrogen-bond acceptors (Lipinski definition) is 6. The van der Waals surface area contributed by atoms with E-state index in [2.05, 4.69) is 9.97 Å². The van der Waals surface area contributed by atoms with E-state index in [4.69, 9.17) is 9.72 Å². The van der Waals surface area contributed by atoms with Crippen LogP contribution in [0.4, 0.5) is 5.95 Å². The molecule has 5 heterocycles. The number of pyridine rings is 1. The lowest BCUT2D eigenvalue weighted by molar-refractivity contribution is -0.0967. The first-order valence-electron chi connectivity index (χ1n) is 10.4. The minimum absolute atomic E-state index is 0.0272. The van der Waals surface area contributed by atoms with E-state index in [1.165, 1.54) is 0 Å². The number of amides is 1. The van der Waals surface area contributed by atoms with E-state index in [0.717, 1.165) is 41.9 Å². The van der Waals surface area contributed by atoms with Gasteiger partial charge in [0.1, 0.15) is 16.9 Å². The summed E-state index contributed by atoms with van der Waals surface area (Å²) in [4.78, 5) is 30.7. The van der Waals surface area contributed by atoms with Crippen LogP contribution in [-0.2, 0) is 16.8 Å². The Kier molecular flexibility index (Phi) is 4.47. The highest BCUT2D eigenvalue weighted by atomic mass is 16.5. The number of aryl methyl sites for hydroxylation is 1. The molecule has 1 spiro atoms. The Morgan fingerprint density at radius 2 is 2.00 bits per heavy atom. The molecule has 3 aromatic heterocycles. The van der Waals surface area contributed by atoms with Crippen LogP contribution in [-0.4, -0.2) is 64.0 Å². The summed E-state index contributed by atoms with van der Waals surface area (Å²) in [6, 6.07) is 5.89. The zero-order chi connectivity index (χ0) is 20.9. The van der Waals surface area contributed by atoms with Crippen molar-refractivity contribution in [3.8, 4) is 0 Å². The smallest absolute Gasteiger partial charge is 0.274 e. The van der Waals surface area contributed by atoms with Crippen LogP contribution in [0.25, 0.3) is 5.65 Å². The summed E-state index contributed by atoms with van der Waals surface area (Å²) in [5.74, 6) is 0.665. The van der Waals surface area contributed by atoms with Crippen molar-refractivity contribution in [2.45, 2.75) is 31.8 Å². The number of piperidine rings is 1. The van der Waals surface area contributed by atoms with Crippen molar-refractivity contribution in [2.75, 3.05) is 38.7 Å². The van der Waals surface area contributed by atoms with Gasteiger partial charge in [-0.05, 0) is 43.9 Å². The van der Waals surface area contributed by atoms with Crippen molar-refractivity contribution < 1.29 is 9.53 Å². The van der Waals surface area contributed by atoms with Gasteiger partial charge >= 0.3 is 0 Å². The Morgan fingerprint density at radius 3 is 2.73 bits per heavy atom. The molecule has 0 radical (unpaired) electrons. The van der Waals surface area contributed by atoms with Gasteiger partial charge in [0.15, 0.2) is 0 Å². The molecule has 30 heavy (non-hydrogen) atoms. The first kappa shape index (κ1) is 19.0. The third-order valence-corrected chi connectivity index (χ3v) is 6.21. The predicted octanol–water partition coefficient (Wildman–Crippen LogP) is 2.20. The van der Waals surface area contributed by atoms with Crippen LogP contribution >= 0.6 is 0 Å². The van der Waals surface area contributed by atoms with Crippen LogP contribution in [0.1, 0.15) is 40.3 Å². The summed E-state index contributed by atoms with van der Waals surface area (Å²) >= 11 is 0. The van der Waals surface area contributed by atoms with Crippen molar-refractivity contribution in [2.24, 2.45) is 0 Å². The average molecular weight is 406 g/mol. The van der Waals surface area contributed by atoms with Crippen molar-refractivity contribution in [3.05, 3.63) is 53.2 Å². The van der Waals surface area contributed by atoms with Crippen molar-refractivity contribution in [1.82, 2.24) is 24.3 Å². The van der Waals surface area contributed by atoms with Crippen LogP contribution < -0.4 is 4.90 Å². The molecule has 8 nitrogen and oxygen atoms in total. The Morgan fingerprint density at radius 1 is 1.20 bits per heavy atom. The lowest BCUT2D eigenvalue weighted by Gasteiger charge is -2.44. The number of imidazole rings is 1. The fourth-order valence-electron chi connectivity index (χ4n) is 4.48. The second kappa shape index (κ2) is 7.05. The van der Waals surface area contributed by atoms with Crippen LogP contribution in [0.3, 0.4) is 0 Å². The van der Waals surface area contributed by atoms with Gasteiger partial charge in [0, 0.05) is 45.3 Å². The molecule has 2 aliphatic rings. The zero-order valence-electron chi connectivity index (χ0n) is 17.6. The SMILES string of the molecule is Cc1cccc2nc(C(=O)N3CCC4(CC3)OCCc3cnc(N(C)C)nc34)cn12. The predicted molar refractivity (Wildman–Crippen MR) is 113 cm³/mol. The molecule has 0 bridgehead atoms. The highest BCUT2D eigenvalue weighted by Crippen LogP contribution is 2.41. The summed E-state index contributed by atoms with van der Waals surface area (Å²) in [6.45, 7) is 3.91. The quantitative estimate of drug-likeness (QED) is 0.650. The highest BCUT2D eigenvalue weighted by Gasteiger charge is 2.43. The number of carbonyl (C=O) groups is 1. The van der Waals surface area contributed by atoms with E-state index in [-0.39, 0.29) is 5.91 Å². The fraction of sp³-hybridized carbons (Fsp3) is 0.455. The molecule has 0 saturated carbocycles. The van der Waals surface area contributed by atoms with Crippen LogP contribution in [0.15, 0.2) is 30.6 Å². The largest absolute Gasteiger partial charge is 0.368 e. The number of hydrogen-bond donors (Lipinski definition) is 0. The molecular weight excluding hydrogens is 380 g/mol. The summed E-state index contributed by atoms with van der Waals surface area (Å²) < 4.78 is 8.26. The number of fused-ring (bicyclic) bond motifs is 3. The Bertz CT molecular complexity index is 1110. The molecule has 2 aliphatic heterocycles. The van der Waals surface area contributed by atoms with Crippen molar-refractivity contribution in [3.63, 3.8) is 0 Å².